The molecule has 1 aromatic rings. The van der Waals surface area contributed by atoms with Crippen molar-refractivity contribution in [3.8, 4) is 0 Å². The quantitative estimate of drug-likeness (QED) is 0.610. The number of pyridine rings is 1. The van der Waals surface area contributed by atoms with E-state index in [0.29, 0.717) is 0 Å². The summed E-state index contributed by atoms with van der Waals surface area (Å²) in [6, 6.07) is 3.28. The van der Waals surface area contributed by atoms with E-state index in [9.17, 15) is 10.1 Å². The highest BCUT2D eigenvalue weighted by Gasteiger charge is 2.20. The standard InChI is InChI=1S/C14H22N4O2/c1-16(2)8-5-12-6-9-17(10-7-12)14-4-3-13(11-15-14)18(19)20/h3-4,11-12H,5-10H2,1-2H3. The topological polar surface area (TPSA) is 62.5 Å². The van der Waals surface area contributed by atoms with Gasteiger partial charge in [-0.25, -0.2) is 4.98 Å². The lowest BCUT2D eigenvalue weighted by atomic mass is 9.93. The molecule has 0 saturated carbocycles. The summed E-state index contributed by atoms with van der Waals surface area (Å²) in [6.07, 6.45) is 4.93. The van der Waals surface area contributed by atoms with Crippen molar-refractivity contribution < 1.29 is 4.92 Å². The summed E-state index contributed by atoms with van der Waals surface area (Å²) in [7, 11) is 4.21. The summed E-state index contributed by atoms with van der Waals surface area (Å²) >= 11 is 0. The van der Waals surface area contributed by atoms with Crippen LogP contribution in [-0.2, 0) is 0 Å². The Kier molecular flexibility index (Phi) is 4.89. The summed E-state index contributed by atoms with van der Waals surface area (Å²) in [5.41, 5.74) is 0.0506. The van der Waals surface area contributed by atoms with Crippen molar-refractivity contribution >= 4 is 11.5 Å². The Morgan fingerprint density at radius 1 is 1.40 bits per heavy atom. The summed E-state index contributed by atoms with van der Waals surface area (Å²) in [4.78, 5) is 18.8. The number of piperidine rings is 1. The molecule has 0 bridgehead atoms. The SMILES string of the molecule is CN(C)CCC1CCN(c2ccc([N+](=O)[O-])cn2)CC1. The Hall–Kier alpha value is -1.69. The molecule has 0 aromatic carbocycles. The first kappa shape index (κ1) is 14.7. The normalized spacial score (nSPS) is 16.6. The van der Waals surface area contributed by atoms with Crippen molar-refractivity contribution in [3.05, 3.63) is 28.4 Å². The molecule has 0 N–H and O–H groups in total. The molecule has 0 aliphatic carbocycles. The molecule has 2 rings (SSSR count). The molecule has 20 heavy (non-hydrogen) atoms. The van der Waals surface area contributed by atoms with Gasteiger partial charge in [0.1, 0.15) is 12.0 Å². The van der Waals surface area contributed by atoms with Crippen LogP contribution in [0.25, 0.3) is 0 Å². The average Bonchev–Trinajstić information content (AvgIpc) is 2.46. The molecule has 1 saturated heterocycles. The van der Waals surface area contributed by atoms with Crippen LogP contribution in [0.4, 0.5) is 11.5 Å². The number of aromatic nitrogens is 1. The Balaban J connectivity index is 1.85. The van der Waals surface area contributed by atoms with E-state index in [4.69, 9.17) is 0 Å². The zero-order valence-electron chi connectivity index (χ0n) is 12.2. The molecule has 0 unspecified atom stereocenters. The molecule has 6 heteroatoms. The van der Waals surface area contributed by atoms with Crippen molar-refractivity contribution in [1.82, 2.24) is 9.88 Å². The Bertz CT molecular complexity index is 439. The second kappa shape index (κ2) is 6.65. The van der Waals surface area contributed by atoms with Gasteiger partial charge in [0, 0.05) is 19.2 Å². The van der Waals surface area contributed by atoms with Crippen molar-refractivity contribution in [1.29, 1.82) is 0 Å². The molecular weight excluding hydrogens is 256 g/mol. The maximum atomic E-state index is 10.6. The predicted molar refractivity (Wildman–Crippen MR) is 79.0 cm³/mol. The molecule has 0 spiro atoms. The van der Waals surface area contributed by atoms with Crippen LogP contribution in [0, 0.1) is 16.0 Å². The summed E-state index contributed by atoms with van der Waals surface area (Å²) in [5.74, 6) is 1.63. The number of rotatable bonds is 5. The predicted octanol–water partition coefficient (Wildman–Crippen LogP) is 2.16. The van der Waals surface area contributed by atoms with E-state index in [2.05, 4.69) is 28.9 Å². The van der Waals surface area contributed by atoms with Crippen molar-refractivity contribution in [2.45, 2.75) is 19.3 Å². The van der Waals surface area contributed by atoms with Gasteiger partial charge >= 0.3 is 0 Å². The van der Waals surface area contributed by atoms with E-state index in [1.54, 1.807) is 6.07 Å². The lowest BCUT2D eigenvalue weighted by molar-refractivity contribution is -0.385. The summed E-state index contributed by atoms with van der Waals surface area (Å²) in [5, 5.41) is 10.6. The van der Waals surface area contributed by atoms with Crippen LogP contribution in [0.2, 0.25) is 0 Å². The molecule has 1 aliphatic heterocycles. The molecular formula is C14H22N4O2. The van der Waals surface area contributed by atoms with Gasteiger partial charge in [-0.3, -0.25) is 10.1 Å². The van der Waals surface area contributed by atoms with Crippen LogP contribution >= 0.6 is 0 Å². The first-order valence-corrected chi connectivity index (χ1v) is 7.06. The van der Waals surface area contributed by atoms with Crippen molar-refractivity contribution in [3.63, 3.8) is 0 Å². The Morgan fingerprint density at radius 3 is 2.60 bits per heavy atom. The highest BCUT2D eigenvalue weighted by molar-refractivity contribution is 5.43. The molecule has 1 aliphatic rings. The van der Waals surface area contributed by atoms with Crippen LogP contribution in [0.3, 0.4) is 0 Å². The van der Waals surface area contributed by atoms with E-state index in [0.717, 1.165) is 31.4 Å². The smallest absolute Gasteiger partial charge is 0.287 e. The molecule has 0 atom stereocenters. The molecule has 6 nitrogen and oxygen atoms in total. The fraction of sp³-hybridized carbons (Fsp3) is 0.643. The number of nitro groups is 1. The number of hydrogen-bond donors (Lipinski definition) is 0. The zero-order valence-corrected chi connectivity index (χ0v) is 12.2. The Morgan fingerprint density at radius 2 is 2.10 bits per heavy atom. The van der Waals surface area contributed by atoms with Crippen molar-refractivity contribution in [2.75, 3.05) is 38.6 Å². The number of nitrogens with zero attached hydrogens (tertiary/aromatic N) is 4. The van der Waals surface area contributed by atoms with Gasteiger partial charge in [-0.05, 0) is 51.9 Å². The number of hydrogen-bond acceptors (Lipinski definition) is 5. The maximum absolute atomic E-state index is 10.6. The van der Waals surface area contributed by atoms with Gasteiger partial charge in [-0.2, -0.15) is 0 Å². The lowest BCUT2D eigenvalue weighted by Gasteiger charge is -2.33. The number of anilines is 1. The molecule has 1 aromatic heterocycles. The lowest BCUT2D eigenvalue weighted by Crippen LogP contribution is -2.35. The second-order valence-electron chi connectivity index (χ2n) is 5.65. The summed E-state index contributed by atoms with van der Waals surface area (Å²) < 4.78 is 0. The van der Waals surface area contributed by atoms with Crippen LogP contribution in [-0.4, -0.2) is 48.5 Å². The van der Waals surface area contributed by atoms with Crippen LogP contribution < -0.4 is 4.90 Å². The largest absolute Gasteiger partial charge is 0.357 e. The van der Waals surface area contributed by atoms with E-state index < -0.39 is 4.92 Å². The third kappa shape index (κ3) is 3.90. The Labute approximate surface area is 119 Å². The van der Waals surface area contributed by atoms with E-state index in [-0.39, 0.29) is 5.69 Å². The van der Waals surface area contributed by atoms with Gasteiger partial charge in [0.25, 0.3) is 5.69 Å². The van der Waals surface area contributed by atoms with E-state index in [1.165, 1.54) is 31.5 Å². The summed E-state index contributed by atoms with van der Waals surface area (Å²) in [6.45, 7) is 3.12. The maximum Gasteiger partial charge on any atom is 0.287 e. The molecule has 2 heterocycles. The van der Waals surface area contributed by atoms with Gasteiger partial charge < -0.3 is 9.80 Å². The van der Waals surface area contributed by atoms with Gasteiger partial charge in [0.15, 0.2) is 0 Å². The second-order valence-corrected chi connectivity index (χ2v) is 5.65. The fourth-order valence-electron chi connectivity index (χ4n) is 2.56. The molecule has 110 valence electrons. The van der Waals surface area contributed by atoms with E-state index >= 15 is 0 Å². The van der Waals surface area contributed by atoms with Gasteiger partial charge in [0.2, 0.25) is 0 Å². The monoisotopic (exact) mass is 278 g/mol. The zero-order chi connectivity index (χ0) is 14.5. The third-order valence-corrected chi connectivity index (χ3v) is 3.87. The fourth-order valence-corrected chi connectivity index (χ4v) is 2.56. The minimum absolute atomic E-state index is 0.0506. The molecule has 0 radical (unpaired) electrons. The molecule has 1 fully saturated rings. The first-order chi connectivity index (χ1) is 9.56. The van der Waals surface area contributed by atoms with Gasteiger partial charge in [-0.15, -0.1) is 0 Å². The van der Waals surface area contributed by atoms with Gasteiger partial charge in [0.05, 0.1) is 4.92 Å². The third-order valence-electron chi connectivity index (χ3n) is 3.87. The average molecular weight is 278 g/mol. The van der Waals surface area contributed by atoms with E-state index in [1.807, 2.05) is 0 Å². The van der Waals surface area contributed by atoms with Crippen molar-refractivity contribution in [2.24, 2.45) is 5.92 Å². The minimum Gasteiger partial charge on any atom is -0.357 e. The minimum atomic E-state index is -0.412. The highest BCUT2D eigenvalue weighted by atomic mass is 16.6. The molecule has 0 amide bonds. The van der Waals surface area contributed by atoms with Crippen LogP contribution in [0.1, 0.15) is 19.3 Å². The van der Waals surface area contributed by atoms with Crippen LogP contribution in [0.5, 0.6) is 0 Å². The first-order valence-electron chi connectivity index (χ1n) is 7.06. The van der Waals surface area contributed by atoms with Gasteiger partial charge in [-0.1, -0.05) is 0 Å². The highest BCUT2D eigenvalue weighted by Crippen LogP contribution is 2.24. The van der Waals surface area contributed by atoms with Crippen LogP contribution in [0.15, 0.2) is 18.3 Å².